The number of aromatic nitrogens is 2. The molecule has 0 bridgehead atoms. The standard InChI is InChI=1S/C18H12F3N3O2/c19-13-4-2-1-3-12(13)16-8-18(26)24(10-22-16)9-17(25)23-11-5-6-14(20)15(21)7-11/h1-8,10H,9H2,(H,23,25). The fourth-order valence-corrected chi connectivity index (χ4v) is 2.29. The smallest absolute Gasteiger partial charge is 0.254 e. The van der Waals surface area contributed by atoms with Gasteiger partial charge in [0.05, 0.1) is 12.0 Å². The lowest BCUT2D eigenvalue weighted by molar-refractivity contribution is -0.116. The van der Waals surface area contributed by atoms with Gasteiger partial charge in [-0.15, -0.1) is 0 Å². The van der Waals surface area contributed by atoms with E-state index in [0.717, 1.165) is 29.1 Å². The Morgan fingerprint density at radius 1 is 1.00 bits per heavy atom. The molecule has 0 aliphatic rings. The molecule has 5 nitrogen and oxygen atoms in total. The van der Waals surface area contributed by atoms with Gasteiger partial charge < -0.3 is 5.32 Å². The van der Waals surface area contributed by atoms with Crippen LogP contribution in [0.25, 0.3) is 11.3 Å². The minimum atomic E-state index is -1.10. The van der Waals surface area contributed by atoms with E-state index >= 15 is 0 Å². The second kappa shape index (κ2) is 7.22. The summed E-state index contributed by atoms with van der Waals surface area (Å²) in [6.45, 7) is -0.387. The summed E-state index contributed by atoms with van der Waals surface area (Å²) in [6.07, 6.45) is 1.12. The fraction of sp³-hybridized carbons (Fsp3) is 0.0556. The lowest BCUT2D eigenvalue weighted by atomic mass is 10.1. The van der Waals surface area contributed by atoms with Crippen LogP contribution in [0.5, 0.6) is 0 Å². The molecular weight excluding hydrogens is 347 g/mol. The van der Waals surface area contributed by atoms with Crippen LogP contribution in [0.4, 0.5) is 18.9 Å². The SMILES string of the molecule is O=C(Cn1cnc(-c2ccccc2F)cc1=O)Nc1ccc(F)c(F)c1. The summed E-state index contributed by atoms with van der Waals surface area (Å²) >= 11 is 0. The topological polar surface area (TPSA) is 64.0 Å². The predicted octanol–water partition coefficient (Wildman–Crippen LogP) is 2.97. The van der Waals surface area contributed by atoms with Gasteiger partial charge in [-0.05, 0) is 24.3 Å². The maximum Gasteiger partial charge on any atom is 0.254 e. The molecule has 0 atom stereocenters. The lowest BCUT2D eigenvalue weighted by Gasteiger charge is -2.08. The summed E-state index contributed by atoms with van der Waals surface area (Å²) in [4.78, 5) is 28.1. The van der Waals surface area contributed by atoms with Gasteiger partial charge in [-0.25, -0.2) is 18.2 Å². The molecule has 0 spiro atoms. The van der Waals surface area contributed by atoms with E-state index in [1.54, 1.807) is 6.07 Å². The monoisotopic (exact) mass is 359 g/mol. The van der Waals surface area contributed by atoms with Crippen molar-refractivity contribution in [2.45, 2.75) is 6.54 Å². The molecule has 1 N–H and O–H groups in total. The number of nitrogens with zero attached hydrogens (tertiary/aromatic N) is 2. The first-order valence-corrected chi connectivity index (χ1v) is 7.50. The molecule has 8 heteroatoms. The van der Waals surface area contributed by atoms with Crippen LogP contribution in [-0.2, 0) is 11.3 Å². The highest BCUT2D eigenvalue weighted by Crippen LogP contribution is 2.18. The molecule has 132 valence electrons. The van der Waals surface area contributed by atoms with Gasteiger partial charge in [0.25, 0.3) is 5.56 Å². The first kappa shape index (κ1) is 17.4. The van der Waals surface area contributed by atoms with Crippen LogP contribution >= 0.6 is 0 Å². The quantitative estimate of drug-likeness (QED) is 0.779. The lowest BCUT2D eigenvalue weighted by Crippen LogP contribution is -2.27. The maximum atomic E-state index is 13.8. The Bertz CT molecular complexity index is 1030. The molecule has 3 aromatic rings. The highest BCUT2D eigenvalue weighted by atomic mass is 19.2. The second-order valence-corrected chi connectivity index (χ2v) is 5.40. The van der Waals surface area contributed by atoms with Crippen LogP contribution in [0.1, 0.15) is 0 Å². The third-order valence-electron chi connectivity index (χ3n) is 3.55. The molecule has 0 fully saturated rings. The van der Waals surface area contributed by atoms with Crippen molar-refractivity contribution in [3.05, 3.63) is 82.7 Å². The molecule has 0 unspecified atom stereocenters. The molecule has 0 saturated heterocycles. The van der Waals surface area contributed by atoms with E-state index in [-0.39, 0.29) is 23.5 Å². The van der Waals surface area contributed by atoms with Crippen LogP contribution in [-0.4, -0.2) is 15.5 Å². The Labute approximate surface area is 145 Å². The van der Waals surface area contributed by atoms with E-state index in [4.69, 9.17) is 0 Å². The van der Waals surface area contributed by atoms with Crippen LogP contribution < -0.4 is 10.9 Å². The molecule has 26 heavy (non-hydrogen) atoms. The Hall–Kier alpha value is -3.42. The molecule has 1 aromatic heterocycles. The van der Waals surface area contributed by atoms with E-state index in [2.05, 4.69) is 10.3 Å². The molecule has 1 heterocycles. The van der Waals surface area contributed by atoms with E-state index < -0.39 is 28.9 Å². The average Bonchev–Trinajstić information content (AvgIpc) is 2.60. The molecule has 0 saturated carbocycles. The van der Waals surface area contributed by atoms with Gasteiger partial charge in [0, 0.05) is 23.4 Å². The average molecular weight is 359 g/mol. The third-order valence-corrected chi connectivity index (χ3v) is 3.55. The zero-order valence-electron chi connectivity index (χ0n) is 13.2. The van der Waals surface area contributed by atoms with Crippen LogP contribution in [0, 0.1) is 17.5 Å². The number of amides is 1. The third kappa shape index (κ3) is 3.80. The van der Waals surface area contributed by atoms with Crippen LogP contribution in [0.3, 0.4) is 0 Å². The number of hydrogen-bond acceptors (Lipinski definition) is 3. The van der Waals surface area contributed by atoms with Gasteiger partial charge >= 0.3 is 0 Å². The van der Waals surface area contributed by atoms with Crippen molar-refractivity contribution in [2.24, 2.45) is 0 Å². The van der Waals surface area contributed by atoms with Gasteiger partial charge in [-0.1, -0.05) is 12.1 Å². The number of hydrogen-bond donors (Lipinski definition) is 1. The van der Waals surface area contributed by atoms with Crippen molar-refractivity contribution in [1.82, 2.24) is 9.55 Å². The van der Waals surface area contributed by atoms with Crippen molar-refractivity contribution in [3.8, 4) is 11.3 Å². The summed E-state index contributed by atoms with van der Waals surface area (Å²) in [5.41, 5.74) is -0.190. The summed E-state index contributed by atoms with van der Waals surface area (Å²) in [6, 6.07) is 9.87. The molecule has 3 rings (SSSR count). The van der Waals surface area contributed by atoms with Crippen molar-refractivity contribution in [1.29, 1.82) is 0 Å². The highest BCUT2D eigenvalue weighted by molar-refractivity contribution is 5.90. The summed E-state index contributed by atoms with van der Waals surface area (Å²) in [7, 11) is 0. The zero-order valence-corrected chi connectivity index (χ0v) is 13.2. The van der Waals surface area contributed by atoms with Crippen molar-refractivity contribution >= 4 is 11.6 Å². The van der Waals surface area contributed by atoms with E-state index in [0.29, 0.717) is 0 Å². The number of nitrogens with one attached hydrogen (secondary N) is 1. The minimum Gasteiger partial charge on any atom is -0.324 e. The van der Waals surface area contributed by atoms with E-state index in [1.165, 1.54) is 24.3 Å². The number of rotatable bonds is 4. The molecular formula is C18H12F3N3O2. The Morgan fingerprint density at radius 2 is 1.77 bits per heavy atom. The fourth-order valence-electron chi connectivity index (χ4n) is 2.29. The minimum absolute atomic E-state index is 0.0536. The van der Waals surface area contributed by atoms with Gasteiger partial charge in [0.15, 0.2) is 11.6 Å². The molecule has 0 radical (unpaired) electrons. The highest BCUT2D eigenvalue weighted by Gasteiger charge is 2.11. The molecule has 0 aliphatic heterocycles. The van der Waals surface area contributed by atoms with Gasteiger partial charge in [-0.3, -0.25) is 14.2 Å². The number of carbonyl (C=O) groups excluding carboxylic acids is 1. The maximum absolute atomic E-state index is 13.8. The molecule has 1 amide bonds. The Morgan fingerprint density at radius 3 is 2.46 bits per heavy atom. The summed E-state index contributed by atoms with van der Waals surface area (Å²) in [5.74, 6) is -3.28. The summed E-state index contributed by atoms with van der Waals surface area (Å²) in [5, 5.41) is 2.35. The number of anilines is 1. The summed E-state index contributed by atoms with van der Waals surface area (Å²) < 4.78 is 40.8. The van der Waals surface area contributed by atoms with Crippen molar-refractivity contribution in [2.75, 3.05) is 5.32 Å². The normalized spacial score (nSPS) is 10.6. The number of halogens is 3. The van der Waals surface area contributed by atoms with Gasteiger partial charge in [-0.2, -0.15) is 0 Å². The van der Waals surface area contributed by atoms with E-state index in [1.807, 2.05) is 0 Å². The molecule has 0 aliphatic carbocycles. The first-order chi connectivity index (χ1) is 12.4. The zero-order chi connectivity index (χ0) is 18.7. The van der Waals surface area contributed by atoms with Gasteiger partial charge in [0.2, 0.25) is 5.91 Å². The Kier molecular flexibility index (Phi) is 4.83. The first-order valence-electron chi connectivity index (χ1n) is 7.50. The van der Waals surface area contributed by atoms with E-state index in [9.17, 15) is 22.8 Å². The van der Waals surface area contributed by atoms with Crippen LogP contribution in [0.2, 0.25) is 0 Å². The molecule has 2 aromatic carbocycles. The Balaban J connectivity index is 1.76. The van der Waals surface area contributed by atoms with Crippen LogP contribution in [0.15, 0.2) is 59.7 Å². The second-order valence-electron chi connectivity index (χ2n) is 5.40. The predicted molar refractivity (Wildman–Crippen MR) is 88.9 cm³/mol. The largest absolute Gasteiger partial charge is 0.324 e. The number of benzene rings is 2. The van der Waals surface area contributed by atoms with Gasteiger partial charge in [0.1, 0.15) is 12.4 Å². The van der Waals surface area contributed by atoms with Crippen molar-refractivity contribution < 1.29 is 18.0 Å². The number of carbonyl (C=O) groups is 1. The van der Waals surface area contributed by atoms with Crippen molar-refractivity contribution in [3.63, 3.8) is 0 Å².